The lowest BCUT2D eigenvalue weighted by Crippen LogP contribution is -1.84. The maximum absolute atomic E-state index is 5.88. The number of nitrogen functional groups attached to an aromatic ring is 1. The van der Waals surface area contributed by atoms with E-state index in [-0.39, 0.29) is 0 Å². The molecule has 3 nitrogen and oxygen atoms in total. The Morgan fingerprint density at radius 3 is 2.76 bits per heavy atom. The van der Waals surface area contributed by atoms with E-state index in [1.165, 1.54) is 0 Å². The molecule has 0 aliphatic rings. The van der Waals surface area contributed by atoms with Crippen molar-refractivity contribution in [2.75, 3.05) is 5.73 Å². The molecule has 0 aliphatic heterocycles. The molecule has 3 aromatic rings. The van der Waals surface area contributed by atoms with Gasteiger partial charge in [0, 0.05) is 4.47 Å². The molecule has 86 valence electrons. The summed E-state index contributed by atoms with van der Waals surface area (Å²) in [4.78, 5) is 5.41. The monoisotopic (exact) mass is 372 g/mol. The molecular formula is C11H6Br2N2OS. The van der Waals surface area contributed by atoms with E-state index in [4.69, 9.17) is 10.2 Å². The Balaban J connectivity index is 2.23. The van der Waals surface area contributed by atoms with E-state index in [1.54, 1.807) is 11.3 Å². The number of nitrogens with two attached hydrogens (primary N) is 1. The average Bonchev–Trinajstić information content (AvgIpc) is 2.83. The van der Waals surface area contributed by atoms with Crippen LogP contribution in [0.1, 0.15) is 0 Å². The van der Waals surface area contributed by atoms with Gasteiger partial charge >= 0.3 is 0 Å². The number of oxazole rings is 1. The molecule has 2 aromatic heterocycles. The Labute approximate surface area is 118 Å². The van der Waals surface area contributed by atoms with Gasteiger partial charge < -0.3 is 10.2 Å². The summed E-state index contributed by atoms with van der Waals surface area (Å²) in [5.41, 5.74) is 7.86. The number of halogens is 2. The van der Waals surface area contributed by atoms with Gasteiger partial charge in [0.15, 0.2) is 5.58 Å². The number of aromatic nitrogens is 1. The van der Waals surface area contributed by atoms with Gasteiger partial charge in [0.05, 0.1) is 14.4 Å². The van der Waals surface area contributed by atoms with Crippen molar-refractivity contribution in [2.24, 2.45) is 0 Å². The molecule has 0 radical (unpaired) electrons. The van der Waals surface area contributed by atoms with Crippen LogP contribution in [0.4, 0.5) is 5.69 Å². The van der Waals surface area contributed by atoms with Gasteiger partial charge in [0.1, 0.15) is 5.52 Å². The summed E-state index contributed by atoms with van der Waals surface area (Å²) >= 11 is 8.38. The van der Waals surface area contributed by atoms with Gasteiger partial charge in [-0.25, -0.2) is 4.98 Å². The van der Waals surface area contributed by atoms with E-state index in [0.29, 0.717) is 17.2 Å². The maximum Gasteiger partial charge on any atom is 0.237 e. The topological polar surface area (TPSA) is 52.0 Å². The molecular weight excluding hydrogens is 368 g/mol. The highest BCUT2D eigenvalue weighted by atomic mass is 79.9. The lowest BCUT2D eigenvalue weighted by molar-refractivity contribution is 0.623. The van der Waals surface area contributed by atoms with Crippen molar-refractivity contribution in [3.8, 4) is 10.8 Å². The molecule has 0 amide bonds. The van der Waals surface area contributed by atoms with E-state index >= 15 is 0 Å². The summed E-state index contributed by atoms with van der Waals surface area (Å²) in [5.74, 6) is 0.598. The first kappa shape index (κ1) is 11.3. The van der Waals surface area contributed by atoms with Gasteiger partial charge in [-0.2, -0.15) is 0 Å². The molecule has 0 unspecified atom stereocenters. The Morgan fingerprint density at radius 2 is 2.06 bits per heavy atom. The maximum atomic E-state index is 5.88. The summed E-state index contributed by atoms with van der Waals surface area (Å²) < 4.78 is 7.63. The number of rotatable bonds is 1. The molecule has 0 saturated carbocycles. The minimum Gasteiger partial charge on any atom is -0.433 e. The first-order valence-corrected chi connectivity index (χ1v) is 7.15. The summed E-state index contributed by atoms with van der Waals surface area (Å²) in [6.45, 7) is 0. The van der Waals surface area contributed by atoms with E-state index in [1.807, 2.05) is 24.3 Å². The Kier molecular flexibility index (Phi) is 2.72. The number of benzene rings is 1. The molecule has 1 aromatic carbocycles. The lowest BCUT2D eigenvalue weighted by atomic mass is 10.3. The van der Waals surface area contributed by atoms with Crippen molar-refractivity contribution in [3.05, 3.63) is 32.5 Å². The van der Waals surface area contributed by atoms with Crippen LogP contribution >= 0.6 is 43.2 Å². The first-order chi connectivity index (χ1) is 8.13. The van der Waals surface area contributed by atoms with E-state index < -0.39 is 0 Å². The highest BCUT2D eigenvalue weighted by Crippen LogP contribution is 2.35. The molecule has 0 fully saturated rings. The van der Waals surface area contributed by atoms with Crippen molar-refractivity contribution in [1.82, 2.24) is 4.98 Å². The Hall–Kier alpha value is -0.850. The van der Waals surface area contributed by atoms with E-state index in [9.17, 15) is 0 Å². The molecule has 17 heavy (non-hydrogen) atoms. The highest BCUT2D eigenvalue weighted by molar-refractivity contribution is 9.11. The minimum absolute atomic E-state index is 0.587. The standard InChI is InChI=1S/C11H6Br2N2OS/c12-5-3-6(14)10-7(4-5)15-11(16-10)8-1-2-9(13)17-8/h1-4H,14H2. The van der Waals surface area contributed by atoms with Crippen molar-refractivity contribution in [1.29, 1.82) is 0 Å². The summed E-state index contributed by atoms with van der Waals surface area (Å²) in [6, 6.07) is 7.63. The average molecular weight is 374 g/mol. The van der Waals surface area contributed by atoms with Crippen molar-refractivity contribution >= 4 is 60.0 Å². The fourth-order valence-corrected chi connectivity index (χ4v) is 3.33. The predicted molar refractivity (Wildman–Crippen MR) is 77.1 cm³/mol. The number of nitrogens with zero attached hydrogens (tertiary/aromatic N) is 1. The van der Waals surface area contributed by atoms with Crippen LogP contribution in [0.3, 0.4) is 0 Å². The minimum atomic E-state index is 0.587. The molecule has 0 spiro atoms. The Morgan fingerprint density at radius 1 is 1.24 bits per heavy atom. The number of thiophene rings is 1. The van der Waals surface area contributed by atoms with E-state index in [0.717, 1.165) is 18.7 Å². The second-order valence-electron chi connectivity index (χ2n) is 3.47. The van der Waals surface area contributed by atoms with Crippen LogP contribution in [0.5, 0.6) is 0 Å². The summed E-state index contributed by atoms with van der Waals surface area (Å²) in [7, 11) is 0. The molecule has 3 rings (SSSR count). The predicted octanol–water partition coefficient (Wildman–Crippen LogP) is 4.66. The van der Waals surface area contributed by atoms with Gasteiger partial charge in [-0.3, -0.25) is 0 Å². The van der Waals surface area contributed by atoms with E-state index in [2.05, 4.69) is 36.8 Å². The number of hydrogen-bond donors (Lipinski definition) is 1. The quantitative estimate of drug-likeness (QED) is 0.631. The van der Waals surface area contributed by atoms with Crippen LogP contribution in [-0.4, -0.2) is 4.98 Å². The molecule has 0 saturated heterocycles. The molecule has 2 heterocycles. The van der Waals surface area contributed by atoms with Gasteiger partial charge in [-0.05, 0) is 40.2 Å². The van der Waals surface area contributed by atoms with Crippen molar-refractivity contribution in [2.45, 2.75) is 0 Å². The molecule has 0 bridgehead atoms. The van der Waals surface area contributed by atoms with Crippen molar-refractivity contribution in [3.63, 3.8) is 0 Å². The van der Waals surface area contributed by atoms with Crippen LogP contribution in [-0.2, 0) is 0 Å². The van der Waals surface area contributed by atoms with Gasteiger partial charge in [-0.15, -0.1) is 11.3 Å². The second-order valence-corrected chi connectivity index (χ2v) is 6.84. The molecule has 6 heteroatoms. The van der Waals surface area contributed by atoms with Crippen LogP contribution < -0.4 is 5.73 Å². The third-order valence-electron chi connectivity index (χ3n) is 2.27. The smallest absolute Gasteiger partial charge is 0.237 e. The fraction of sp³-hybridized carbons (Fsp3) is 0. The summed E-state index contributed by atoms with van der Waals surface area (Å²) in [6.07, 6.45) is 0. The molecule has 0 aliphatic carbocycles. The van der Waals surface area contributed by atoms with Crippen LogP contribution in [0.25, 0.3) is 21.9 Å². The zero-order valence-electron chi connectivity index (χ0n) is 8.41. The Bertz CT molecular complexity index is 705. The van der Waals surface area contributed by atoms with Crippen LogP contribution in [0, 0.1) is 0 Å². The summed E-state index contributed by atoms with van der Waals surface area (Å²) in [5, 5.41) is 0. The largest absolute Gasteiger partial charge is 0.433 e. The van der Waals surface area contributed by atoms with Crippen LogP contribution in [0.2, 0.25) is 0 Å². The van der Waals surface area contributed by atoms with Crippen LogP contribution in [0.15, 0.2) is 36.9 Å². The number of hydrogen-bond acceptors (Lipinski definition) is 4. The third-order valence-corrected chi connectivity index (χ3v) is 4.34. The normalized spacial score (nSPS) is 11.2. The first-order valence-electron chi connectivity index (χ1n) is 4.75. The third kappa shape index (κ3) is 2.00. The SMILES string of the molecule is Nc1cc(Br)cc2nc(-c3ccc(Br)s3)oc12. The van der Waals surface area contributed by atoms with Gasteiger partial charge in [0.2, 0.25) is 5.89 Å². The highest BCUT2D eigenvalue weighted by Gasteiger charge is 2.12. The number of fused-ring (bicyclic) bond motifs is 1. The zero-order chi connectivity index (χ0) is 12.0. The fourth-order valence-electron chi connectivity index (χ4n) is 1.56. The zero-order valence-corrected chi connectivity index (χ0v) is 12.4. The second kappa shape index (κ2) is 4.12. The van der Waals surface area contributed by atoms with Gasteiger partial charge in [0.25, 0.3) is 0 Å². The van der Waals surface area contributed by atoms with Crippen molar-refractivity contribution < 1.29 is 4.42 Å². The number of anilines is 1. The van der Waals surface area contributed by atoms with Gasteiger partial charge in [-0.1, -0.05) is 15.9 Å². The molecule has 2 N–H and O–H groups in total. The molecule has 0 atom stereocenters. The lowest BCUT2D eigenvalue weighted by Gasteiger charge is -1.93.